The number of ether oxygens (including phenoxy) is 3. The fourth-order valence-electron chi connectivity index (χ4n) is 5.43. The summed E-state index contributed by atoms with van der Waals surface area (Å²) in [5, 5.41) is 2.04. The van der Waals surface area contributed by atoms with Gasteiger partial charge >= 0.3 is 5.97 Å². The Balaban J connectivity index is 1.39. The van der Waals surface area contributed by atoms with Crippen molar-refractivity contribution >= 4 is 28.8 Å². The number of hydrogen-bond acceptors (Lipinski definition) is 7. The number of carbonyl (C=O) groups excluding carboxylic acids is 2. The molecule has 0 N–H and O–H groups in total. The lowest BCUT2D eigenvalue weighted by molar-refractivity contribution is -0.140. The first-order valence-electron chi connectivity index (χ1n) is 12.0. The lowest BCUT2D eigenvalue weighted by atomic mass is 9.67. The van der Waals surface area contributed by atoms with Crippen molar-refractivity contribution in [2.75, 3.05) is 6.79 Å². The summed E-state index contributed by atoms with van der Waals surface area (Å²) in [6.07, 6.45) is 1.12. The maximum atomic E-state index is 13.7. The van der Waals surface area contributed by atoms with Crippen molar-refractivity contribution in [2.45, 2.75) is 38.2 Å². The molecule has 1 aromatic heterocycles. The van der Waals surface area contributed by atoms with Gasteiger partial charge in [0.25, 0.3) is 0 Å². The van der Waals surface area contributed by atoms with E-state index in [0.29, 0.717) is 35.6 Å². The van der Waals surface area contributed by atoms with Gasteiger partial charge in [-0.15, -0.1) is 11.3 Å². The van der Waals surface area contributed by atoms with Crippen LogP contribution >= 0.6 is 11.3 Å². The number of aliphatic imine (C=N–C) groups is 1. The van der Waals surface area contributed by atoms with Gasteiger partial charge in [-0.25, -0.2) is 4.79 Å². The molecule has 0 radical (unpaired) electrons. The first kappa shape index (κ1) is 22.7. The molecule has 1 fully saturated rings. The molecule has 2 aliphatic heterocycles. The Kier molecular flexibility index (Phi) is 5.93. The van der Waals surface area contributed by atoms with Crippen molar-refractivity contribution in [3.63, 3.8) is 0 Å². The van der Waals surface area contributed by atoms with Crippen molar-refractivity contribution in [3.05, 3.63) is 93.3 Å². The van der Waals surface area contributed by atoms with Crippen LogP contribution in [0.1, 0.15) is 47.6 Å². The summed E-state index contributed by atoms with van der Waals surface area (Å²) in [7, 11) is 0. The second kappa shape index (κ2) is 9.39. The average molecular weight is 500 g/mol. The molecule has 0 amide bonds. The zero-order chi connectivity index (χ0) is 24.6. The molecule has 182 valence electrons. The molecule has 2 aromatic carbocycles. The Morgan fingerprint density at radius 2 is 1.86 bits per heavy atom. The maximum absolute atomic E-state index is 13.7. The van der Waals surface area contributed by atoms with Crippen LogP contribution in [0.5, 0.6) is 11.5 Å². The van der Waals surface area contributed by atoms with Crippen molar-refractivity contribution in [2.24, 2.45) is 10.9 Å². The van der Waals surface area contributed by atoms with E-state index in [-0.39, 0.29) is 25.1 Å². The Labute approximate surface area is 213 Å². The van der Waals surface area contributed by atoms with Gasteiger partial charge in [0, 0.05) is 34.5 Å². The summed E-state index contributed by atoms with van der Waals surface area (Å²) in [5.41, 5.74) is 3.59. The molecular formula is C29H25NO5S. The van der Waals surface area contributed by atoms with Crippen LogP contribution in [0, 0.1) is 5.92 Å². The Morgan fingerprint density at radius 1 is 1.03 bits per heavy atom. The van der Waals surface area contributed by atoms with Gasteiger partial charge in [-0.3, -0.25) is 9.79 Å². The molecule has 36 heavy (non-hydrogen) atoms. The summed E-state index contributed by atoms with van der Waals surface area (Å²) in [6.45, 7) is 2.14. The minimum Gasteiger partial charge on any atom is -0.457 e. The van der Waals surface area contributed by atoms with Gasteiger partial charge < -0.3 is 14.2 Å². The van der Waals surface area contributed by atoms with Gasteiger partial charge in [0.05, 0.1) is 11.5 Å². The molecular weight excluding hydrogens is 474 g/mol. The quantitative estimate of drug-likeness (QED) is 0.415. The smallest absolute Gasteiger partial charge is 0.336 e. The molecule has 3 aliphatic rings. The van der Waals surface area contributed by atoms with Crippen molar-refractivity contribution in [1.29, 1.82) is 0 Å². The van der Waals surface area contributed by atoms with Gasteiger partial charge in [0.1, 0.15) is 12.4 Å². The number of esters is 1. The molecule has 3 aromatic rings. The van der Waals surface area contributed by atoms with Crippen LogP contribution in [-0.2, 0) is 20.9 Å². The predicted molar refractivity (Wildman–Crippen MR) is 136 cm³/mol. The van der Waals surface area contributed by atoms with E-state index in [1.807, 2.05) is 66.9 Å². The zero-order valence-corrected chi connectivity index (χ0v) is 20.6. The van der Waals surface area contributed by atoms with Gasteiger partial charge in [-0.05, 0) is 48.1 Å². The number of benzene rings is 2. The molecule has 1 aliphatic carbocycles. The molecule has 7 heteroatoms. The molecule has 0 bridgehead atoms. The van der Waals surface area contributed by atoms with E-state index in [2.05, 4.69) is 6.07 Å². The molecule has 0 unspecified atom stereocenters. The van der Waals surface area contributed by atoms with E-state index in [1.165, 1.54) is 4.88 Å². The maximum Gasteiger partial charge on any atom is 0.336 e. The van der Waals surface area contributed by atoms with Crippen LogP contribution in [0.15, 0.2) is 82.3 Å². The van der Waals surface area contributed by atoms with Crippen LogP contribution < -0.4 is 9.47 Å². The van der Waals surface area contributed by atoms with E-state index in [4.69, 9.17) is 19.2 Å². The summed E-state index contributed by atoms with van der Waals surface area (Å²) >= 11 is 1.67. The highest BCUT2D eigenvalue weighted by Gasteiger charge is 2.46. The number of rotatable bonds is 5. The highest BCUT2D eigenvalue weighted by Crippen LogP contribution is 2.48. The molecule has 0 spiro atoms. The minimum absolute atomic E-state index is 0.0990. The zero-order valence-electron chi connectivity index (χ0n) is 19.8. The van der Waals surface area contributed by atoms with E-state index in [0.717, 1.165) is 16.8 Å². The summed E-state index contributed by atoms with van der Waals surface area (Å²) in [5.74, 6) is 0.0360. The number of nitrogens with zero attached hydrogens (tertiary/aromatic N) is 1. The van der Waals surface area contributed by atoms with Crippen LogP contribution in [-0.4, -0.2) is 24.3 Å². The summed E-state index contributed by atoms with van der Waals surface area (Å²) in [4.78, 5) is 33.3. The van der Waals surface area contributed by atoms with Crippen LogP contribution in [0.25, 0.3) is 0 Å². The normalized spacial score (nSPS) is 22.8. The molecule has 6 nitrogen and oxygen atoms in total. The Morgan fingerprint density at radius 3 is 2.67 bits per heavy atom. The number of carbonyl (C=O) groups is 2. The van der Waals surface area contributed by atoms with Crippen molar-refractivity contribution in [3.8, 4) is 11.5 Å². The highest BCUT2D eigenvalue weighted by atomic mass is 32.1. The third kappa shape index (κ3) is 4.13. The summed E-state index contributed by atoms with van der Waals surface area (Å²) in [6, 6.07) is 19.3. The van der Waals surface area contributed by atoms with Crippen LogP contribution in [0.3, 0.4) is 0 Å². The Bertz CT molecular complexity index is 1380. The van der Waals surface area contributed by atoms with Gasteiger partial charge in [-0.1, -0.05) is 42.5 Å². The van der Waals surface area contributed by atoms with Crippen LogP contribution in [0.2, 0.25) is 0 Å². The standard InChI is InChI=1S/C29H25NO5S/c1-17-26(29(32)33-15-18-6-3-2-4-7-18)27(19-9-10-23-24(14-19)35-16-34-23)28-21(30-17)12-20(13-22(28)31)25-8-5-11-36-25/h2-11,14,20,27-28H,12-13,15-16H2,1H3/t20-,27-,28-/m0/s1. The van der Waals surface area contributed by atoms with E-state index < -0.39 is 17.8 Å². The first-order valence-corrected chi connectivity index (χ1v) is 12.9. The van der Waals surface area contributed by atoms with Crippen LogP contribution in [0.4, 0.5) is 0 Å². The molecule has 0 saturated heterocycles. The number of ketones is 1. The number of Topliss-reactive ketones (excluding diaryl/α,β-unsaturated/α-hetero) is 1. The first-order chi connectivity index (χ1) is 17.6. The average Bonchev–Trinajstić information content (AvgIpc) is 3.59. The highest BCUT2D eigenvalue weighted by molar-refractivity contribution is 7.10. The van der Waals surface area contributed by atoms with E-state index in [9.17, 15) is 9.59 Å². The number of allylic oxidation sites excluding steroid dienone is 1. The predicted octanol–water partition coefficient (Wildman–Crippen LogP) is 5.80. The lowest BCUT2D eigenvalue weighted by Crippen LogP contribution is -2.41. The third-order valence-corrected chi connectivity index (χ3v) is 8.12. The topological polar surface area (TPSA) is 74.2 Å². The lowest BCUT2D eigenvalue weighted by Gasteiger charge is -2.38. The second-order valence-electron chi connectivity index (χ2n) is 9.32. The van der Waals surface area contributed by atoms with Gasteiger partial charge in [0.15, 0.2) is 11.5 Å². The number of thiophene rings is 1. The second-order valence-corrected chi connectivity index (χ2v) is 10.3. The number of fused-ring (bicyclic) bond motifs is 2. The Hall–Kier alpha value is -3.71. The van der Waals surface area contributed by atoms with Gasteiger partial charge in [-0.2, -0.15) is 0 Å². The third-order valence-electron chi connectivity index (χ3n) is 7.09. The number of hydrogen-bond donors (Lipinski definition) is 0. The van der Waals surface area contributed by atoms with Crippen molar-refractivity contribution in [1.82, 2.24) is 0 Å². The molecule has 3 atom stereocenters. The summed E-state index contributed by atoms with van der Waals surface area (Å²) < 4.78 is 16.9. The fourth-order valence-corrected chi connectivity index (χ4v) is 6.26. The van der Waals surface area contributed by atoms with Gasteiger partial charge in [0.2, 0.25) is 6.79 Å². The molecule has 3 heterocycles. The van der Waals surface area contributed by atoms with Crippen molar-refractivity contribution < 1.29 is 23.8 Å². The monoisotopic (exact) mass is 499 g/mol. The van der Waals surface area contributed by atoms with E-state index >= 15 is 0 Å². The van der Waals surface area contributed by atoms with E-state index in [1.54, 1.807) is 11.3 Å². The minimum atomic E-state index is -0.510. The SMILES string of the molecule is CC1=C(C(=O)OCc2ccccc2)[C@H](c2ccc3c(c2)OCO3)[C@@H]2C(=O)C[C@@H](c3cccs3)CC2=N1. The fraction of sp³-hybridized carbons (Fsp3) is 0.276. The molecule has 6 rings (SSSR count). The molecule has 1 saturated carbocycles. The largest absolute Gasteiger partial charge is 0.457 e.